The van der Waals surface area contributed by atoms with Gasteiger partial charge in [0, 0.05) is 12.8 Å². The Labute approximate surface area is 320 Å². The highest BCUT2D eigenvalue weighted by Gasteiger charge is 2.00. The number of carboxylic acids is 1. The first kappa shape index (κ1) is 49.9. The van der Waals surface area contributed by atoms with E-state index in [0.717, 1.165) is 25.7 Å². The van der Waals surface area contributed by atoms with E-state index in [4.69, 9.17) is 10.8 Å². The van der Waals surface area contributed by atoms with Gasteiger partial charge in [0.1, 0.15) is 0 Å². The van der Waals surface area contributed by atoms with E-state index in [-0.39, 0.29) is 5.91 Å². The lowest BCUT2D eigenvalue weighted by molar-refractivity contribution is -0.137. The second-order valence-corrected chi connectivity index (χ2v) is 16.6. The third kappa shape index (κ3) is 48.9. The van der Waals surface area contributed by atoms with Crippen LogP contribution in [0.15, 0.2) is 0 Å². The minimum absolute atomic E-state index is 0.150. The first-order valence-electron chi connectivity index (χ1n) is 23.6. The summed E-state index contributed by atoms with van der Waals surface area (Å²) in [5.74, 6) is -0.800. The molecule has 51 heavy (non-hydrogen) atoms. The maximum Gasteiger partial charge on any atom is 0.303 e. The Morgan fingerprint density at radius 2 is 0.353 bits per heavy atom. The Morgan fingerprint density at radius 1 is 0.235 bits per heavy atom. The second-order valence-electron chi connectivity index (χ2n) is 16.6. The average Bonchev–Trinajstić information content (AvgIpc) is 3.11. The molecular weight excluding hydrogens is 627 g/mol. The van der Waals surface area contributed by atoms with Crippen LogP contribution in [-0.2, 0) is 9.59 Å². The van der Waals surface area contributed by atoms with Crippen molar-refractivity contribution in [3.8, 4) is 0 Å². The Kier molecular flexibility index (Phi) is 44.2. The number of hydrogen-bond acceptors (Lipinski definition) is 2. The number of hydrogen-bond donors (Lipinski definition) is 2. The lowest BCUT2D eigenvalue weighted by Gasteiger charge is -2.05. The van der Waals surface area contributed by atoms with Crippen LogP contribution in [-0.4, -0.2) is 17.0 Å². The number of primary amides is 1. The molecule has 4 nitrogen and oxygen atoms in total. The predicted octanol–water partition coefficient (Wildman–Crippen LogP) is 16.1. The highest BCUT2D eigenvalue weighted by atomic mass is 16.4. The number of unbranched alkanes of at least 4 members (excludes halogenated alkanes) is 42. The van der Waals surface area contributed by atoms with Crippen molar-refractivity contribution in [2.45, 2.75) is 289 Å². The molecule has 0 aromatic carbocycles. The summed E-state index contributed by atoms with van der Waals surface area (Å²) >= 11 is 0. The number of carboxylic acid groups (broad SMARTS) is 1. The summed E-state index contributed by atoms with van der Waals surface area (Å²) in [5.41, 5.74) is 5.18. The largest absolute Gasteiger partial charge is 0.481 e. The van der Waals surface area contributed by atoms with Gasteiger partial charge in [-0.2, -0.15) is 0 Å². The molecule has 0 rings (SSSR count). The number of aliphatic carboxylic acids is 1. The molecule has 304 valence electrons. The molecule has 1 amide bonds. The fraction of sp³-hybridized carbons (Fsp3) is 0.957. The molecule has 0 aliphatic rings. The van der Waals surface area contributed by atoms with Crippen molar-refractivity contribution in [2.24, 2.45) is 5.73 Å². The van der Waals surface area contributed by atoms with E-state index in [2.05, 4.69) is 0 Å². The zero-order chi connectivity index (χ0) is 37.0. The number of amides is 1. The van der Waals surface area contributed by atoms with E-state index in [1.165, 1.54) is 250 Å². The lowest BCUT2D eigenvalue weighted by atomic mass is 10.0. The number of rotatable bonds is 46. The summed E-state index contributed by atoms with van der Waals surface area (Å²) in [6.07, 6.45) is 60.6. The molecule has 0 aromatic heterocycles. The van der Waals surface area contributed by atoms with E-state index in [1.54, 1.807) is 0 Å². The molecule has 0 unspecified atom stereocenters. The second kappa shape index (κ2) is 45.1. The molecule has 0 aliphatic carbocycles. The number of carbonyl (C=O) groups is 2. The SMILES string of the molecule is NC(=O)CCCCCCCCCCCCCCCCCCCCCCCCCCCCCCCCCCCCCCCCCCCCCC(=O)O. The van der Waals surface area contributed by atoms with Crippen molar-refractivity contribution < 1.29 is 14.7 Å². The molecule has 0 saturated carbocycles. The van der Waals surface area contributed by atoms with Crippen LogP contribution in [0, 0.1) is 0 Å². The van der Waals surface area contributed by atoms with Crippen LogP contribution in [0.5, 0.6) is 0 Å². The van der Waals surface area contributed by atoms with E-state index >= 15 is 0 Å². The zero-order valence-electron chi connectivity index (χ0n) is 34.7. The van der Waals surface area contributed by atoms with Gasteiger partial charge in [-0.1, -0.05) is 263 Å². The average molecular weight is 720 g/mol. The van der Waals surface area contributed by atoms with Crippen LogP contribution >= 0.6 is 0 Å². The smallest absolute Gasteiger partial charge is 0.303 e. The van der Waals surface area contributed by atoms with Crippen LogP contribution in [0.4, 0.5) is 0 Å². The van der Waals surface area contributed by atoms with Gasteiger partial charge in [-0.15, -0.1) is 0 Å². The van der Waals surface area contributed by atoms with E-state index in [1.807, 2.05) is 0 Å². The maximum absolute atomic E-state index is 10.7. The molecule has 0 heterocycles. The quantitative estimate of drug-likeness (QED) is 0.0615. The summed E-state index contributed by atoms with van der Waals surface area (Å²) in [7, 11) is 0. The number of carbonyl (C=O) groups excluding carboxylic acids is 1. The van der Waals surface area contributed by atoms with Crippen LogP contribution < -0.4 is 5.73 Å². The van der Waals surface area contributed by atoms with Gasteiger partial charge in [0.2, 0.25) is 5.91 Å². The maximum atomic E-state index is 10.7. The van der Waals surface area contributed by atoms with E-state index in [0.29, 0.717) is 12.8 Å². The monoisotopic (exact) mass is 720 g/mol. The molecule has 0 saturated heterocycles. The summed E-state index contributed by atoms with van der Waals surface area (Å²) in [6.45, 7) is 0. The fourth-order valence-electron chi connectivity index (χ4n) is 7.82. The minimum Gasteiger partial charge on any atom is -0.481 e. The lowest BCUT2D eigenvalue weighted by Crippen LogP contribution is -2.09. The zero-order valence-corrected chi connectivity index (χ0v) is 34.7. The Bertz CT molecular complexity index is 624. The van der Waals surface area contributed by atoms with Crippen molar-refractivity contribution in [1.29, 1.82) is 0 Å². The van der Waals surface area contributed by atoms with Gasteiger partial charge in [-0.25, -0.2) is 0 Å². The Morgan fingerprint density at radius 3 is 0.471 bits per heavy atom. The summed E-state index contributed by atoms with van der Waals surface area (Å²) in [6, 6.07) is 0. The van der Waals surface area contributed by atoms with Crippen LogP contribution in [0.1, 0.15) is 289 Å². The molecular formula is C47H93NO3. The van der Waals surface area contributed by atoms with Crippen LogP contribution in [0.2, 0.25) is 0 Å². The molecule has 0 fully saturated rings. The summed E-state index contributed by atoms with van der Waals surface area (Å²) in [4.78, 5) is 21.2. The first-order chi connectivity index (χ1) is 25.1. The van der Waals surface area contributed by atoms with Crippen molar-refractivity contribution >= 4 is 11.9 Å². The summed E-state index contributed by atoms with van der Waals surface area (Å²) in [5, 5.41) is 8.66. The molecule has 4 heteroatoms. The minimum atomic E-state index is -0.649. The highest BCUT2D eigenvalue weighted by Crippen LogP contribution is 2.18. The number of nitrogens with two attached hydrogens (primary N) is 1. The van der Waals surface area contributed by atoms with Gasteiger partial charge in [-0.05, 0) is 12.8 Å². The molecule has 0 atom stereocenters. The third-order valence-corrected chi connectivity index (χ3v) is 11.3. The van der Waals surface area contributed by atoms with Crippen molar-refractivity contribution in [3.05, 3.63) is 0 Å². The van der Waals surface area contributed by atoms with Gasteiger partial charge >= 0.3 is 5.97 Å². The van der Waals surface area contributed by atoms with Gasteiger partial charge in [0.15, 0.2) is 0 Å². The van der Waals surface area contributed by atoms with Gasteiger partial charge in [0.25, 0.3) is 0 Å². The van der Waals surface area contributed by atoms with Crippen molar-refractivity contribution in [3.63, 3.8) is 0 Å². The standard InChI is InChI=1S/C47H93NO3/c48-46(49)44-42-40-38-36-34-32-30-28-26-24-22-20-18-16-14-12-10-8-6-4-2-1-3-5-7-9-11-13-15-17-19-21-23-25-27-29-31-33-35-37-39-41-43-45-47(50)51/h1-45H2,(H2,48,49)(H,50,51). The Hall–Kier alpha value is -1.06. The highest BCUT2D eigenvalue weighted by molar-refractivity contribution is 5.73. The molecule has 0 aromatic rings. The van der Waals surface area contributed by atoms with Gasteiger partial charge in [-0.3, -0.25) is 9.59 Å². The predicted molar refractivity (Wildman–Crippen MR) is 225 cm³/mol. The molecule has 0 spiro atoms. The van der Waals surface area contributed by atoms with Crippen molar-refractivity contribution in [2.75, 3.05) is 0 Å². The molecule has 0 bridgehead atoms. The normalized spacial score (nSPS) is 11.5. The Balaban J connectivity index is 3.06. The molecule has 0 aliphatic heterocycles. The molecule has 0 radical (unpaired) electrons. The van der Waals surface area contributed by atoms with Gasteiger partial charge < -0.3 is 10.8 Å². The van der Waals surface area contributed by atoms with Crippen LogP contribution in [0.25, 0.3) is 0 Å². The molecule has 3 N–H and O–H groups in total. The van der Waals surface area contributed by atoms with Crippen molar-refractivity contribution in [1.82, 2.24) is 0 Å². The van der Waals surface area contributed by atoms with E-state index in [9.17, 15) is 9.59 Å². The van der Waals surface area contributed by atoms with E-state index < -0.39 is 5.97 Å². The van der Waals surface area contributed by atoms with Crippen LogP contribution in [0.3, 0.4) is 0 Å². The third-order valence-electron chi connectivity index (χ3n) is 11.3. The summed E-state index contributed by atoms with van der Waals surface area (Å²) < 4.78 is 0. The first-order valence-corrected chi connectivity index (χ1v) is 23.6. The fourth-order valence-corrected chi connectivity index (χ4v) is 7.82. The topological polar surface area (TPSA) is 80.4 Å². The van der Waals surface area contributed by atoms with Gasteiger partial charge in [0.05, 0.1) is 0 Å².